The maximum Gasteiger partial charge on any atom is 0.410 e. The molecule has 0 aromatic heterocycles. The van der Waals surface area contributed by atoms with Crippen LogP contribution in [0.25, 0.3) is 0 Å². The van der Waals surface area contributed by atoms with Gasteiger partial charge in [0.25, 0.3) is 0 Å². The van der Waals surface area contributed by atoms with Crippen molar-refractivity contribution in [3.05, 3.63) is 0 Å². The number of oxime groups is 1. The lowest BCUT2D eigenvalue weighted by molar-refractivity contribution is -0.141. The van der Waals surface area contributed by atoms with E-state index < -0.39 is 11.6 Å². The molecule has 0 atom stereocenters. The standard InChI is InChI=1S/C14H25N3O4/c1-10(18)21-16-12(15)9-11-5-7-17(8-6-11)13(19)20-14(2,3)4/h11H,5-9H2,1-4H3,(H2,15,16). The highest BCUT2D eigenvalue weighted by Crippen LogP contribution is 2.22. The van der Waals surface area contributed by atoms with Gasteiger partial charge in [-0.1, -0.05) is 5.16 Å². The average Bonchev–Trinajstić information content (AvgIpc) is 2.35. The Morgan fingerprint density at radius 1 is 1.29 bits per heavy atom. The van der Waals surface area contributed by atoms with Gasteiger partial charge < -0.3 is 20.2 Å². The van der Waals surface area contributed by atoms with Gasteiger partial charge in [0.1, 0.15) is 11.4 Å². The molecule has 7 nitrogen and oxygen atoms in total. The first-order chi connectivity index (χ1) is 9.67. The summed E-state index contributed by atoms with van der Waals surface area (Å²) in [6.07, 6.45) is 1.95. The largest absolute Gasteiger partial charge is 0.444 e. The summed E-state index contributed by atoms with van der Waals surface area (Å²) in [5, 5.41) is 3.56. The maximum absolute atomic E-state index is 11.9. The molecule has 120 valence electrons. The second kappa shape index (κ2) is 7.28. The highest BCUT2D eigenvalue weighted by atomic mass is 16.7. The van der Waals surface area contributed by atoms with Gasteiger partial charge in [-0.25, -0.2) is 9.59 Å². The van der Waals surface area contributed by atoms with E-state index in [-0.39, 0.29) is 6.09 Å². The molecule has 0 aromatic carbocycles. The molecule has 2 N–H and O–H groups in total. The smallest absolute Gasteiger partial charge is 0.410 e. The number of nitrogens with two attached hydrogens (primary N) is 1. The number of hydrogen-bond donors (Lipinski definition) is 1. The van der Waals surface area contributed by atoms with Crippen molar-refractivity contribution in [3.63, 3.8) is 0 Å². The van der Waals surface area contributed by atoms with Gasteiger partial charge in [-0.05, 0) is 39.5 Å². The van der Waals surface area contributed by atoms with Crippen LogP contribution >= 0.6 is 0 Å². The quantitative estimate of drug-likeness (QED) is 0.371. The van der Waals surface area contributed by atoms with Crippen molar-refractivity contribution in [2.45, 2.75) is 52.6 Å². The van der Waals surface area contributed by atoms with E-state index in [0.29, 0.717) is 31.3 Å². The van der Waals surface area contributed by atoms with E-state index in [9.17, 15) is 9.59 Å². The Kier molecular flexibility index (Phi) is 5.99. The Labute approximate surface area is 125 Å². The van der Waals surface area contributed by atoms with Crippen LogP contribution in [0, 0.1) is 5.92 Å². The van der Waals surface area contributed by atoms with Crippen LogP contribution < -0.4 is 5.73 Å². The molecular formula is C14H25N3O4. The van der Waals surface area contributed by atoms with E-state index in [0.717, 1.165) is 12.8 Å². The van der Waals surface area contributed by atoms with Gasteiger partial charge in [0.05, 0.1) is 0 Å². The van der Waals surface area contributed by atoms with Gasteiger partial charge in [-0.2, -0.15) is 0 Å². The molecule has 1 fully saturated rings. The molecule has 0 spiro atoms. The zero-order valence-electron chi connectivity index (χ0n) is 13.2. The fourth-order valence-electron chi connectivity index (χ4n) is 2.10. The van der Waals surface area contributed by atoms with Crippen LogP contribution in [0.4, 0.5) is 4.79 Å². The predicted molar refractivity (Wildman–Crippen MR) is 78.5 cm³/mol. The Hall–Kier alpha value is -1.79. The molecule has 0 unspecified atom stereocenters. The molecule has 0 radical (unpaired) electrons. The second-order valence-corrected chi connectivity index (χ2v) is 6.28. The first-order valence-corrected chi connectivity index (χ1v) is 7.15. The normalized spacial score (nSPS) is 17.5. The lowest BCUT2D eigenvalue weighted by Crippen LogP contribution is -2.42. The molecule has 1 rings (SSSR count). The molecule has 0 aliphatic carbocycles. The van der Waals surface area contributed by atoms with E-state index in [1.807, 2.05) is 20.8 Å². The third kappa shape index (κ3) is 6.97. The van der Waals surface area contributed by atoms with Crippen LogP contribution in [0.15, 0.2) is 5.16 Å². The maximum atomic E-state index is 11.9. The number of rotatable bonds is 3. The first-order valence-electron chi connectivity index (χ1n) is 7.15. The number of carbonyl (C=O) groups excluding carboxylic acids is 2. The van der Waals surface area contributed by atoms with Crippen molar-refractivity contribution in [2.75, 3.05) is 13.1 Å². The van der Waals surface area contributed by atoms with E-state index in [1.165, 1.54) is 6.92 Å². The third-order valence-corrected chi connectivity index (χ3v) is 3.06. The Morgan fingerprint density at radius 3 is 2.33 bits per heavy atom. The Morgan fingerprint density at radius 2 is 1.86 bits per heavy atom. The molecule has 1 aliphatic heterocycles. The lowest BCUT2D eigenvalue weighted by Gasteiger charge is -2.33. The molecule has 1 heterocycles. The number of amides is 1. The molecule has 1 amide bonds. The topological polar surface area (TPSA) is 94.2 Å². The highest BCUT2D eigenvalue weighted by Gasteiger charge is 2.27. The van der Waals surface area contributed by atoms with Crippen LogP contribution in [0.3, 0.4) is 0 Å². The minimum atomic E-state index is -0.488. The van der Waals surface area contributed by atoms with Gasteiger partial charge in [-0.15, -0.1) is 0 Å². The number of nitrogens with zero attached hydrogens (tertiary/aromatic N) is 2. The van der Waals surface area contributed by atoms with E-state index in [1.54, 1.807) is 4.90 Å². The summed E-state index contributed by atoms with van der Waals surface area (Å²) < 4.78 is 5.34. The van der Waals surface area contributed by atoms with Crippen molar-refractivity contribution in [1.29, 1.82) is 0 Å². The van der Waals surface area contributed by atoms with E-state index in [2.05, 4.69) is 9.99 Å². The van der Waals surface area contributed by atoms with Crippen LogP contribution in [-0.4, -0.2) is 41.5 Å². The molecule has 1 aliphatic rings. The van der Waals surface area contributed by atoms with E-state index in [4.69, 9.17) is 10.5 Å². The monoisotopic (exact) mass is 299 g/mol. The molecular weight excluding hydrogens is 274 g/mol. The SMILES string of the molecule is CC(=O)O/N=C(/N)CC1CCN(C(=O)OC(C)(C)C)CC1. The number of ether oxygens (including phenoxy) is 1. The Bertz CT molecular complexity index is 407. The summed E-state index contributed by atoms with van der Waals surface area (Å²) >= 11 is 0. The van der Waals surface area contributed by atoms with Crippen molar-refractivity contribution >= 4 is 17.9 Å². The van der Waals surface area contributed by atoms with Crippen LogP contribution in [0.1, 0.15) is 47.0 Å². The average molecular weight is 299 g/mol. The molecule has 0 saturated carbocycles. The zero-order chi connectivity index (χ0) is 16.0. The zero-order valence-corrected chi connectivity index (χ0v) is 13.2. The minimum absolute atomic E-state index is 0.275. The van der Waals surface area contributed by atoms with Crippen LogP contribution in [0.5, 0.6) is 0 Å². The highest BCUT2D eigenvalue weighted by molar-refractivity contribution is 5.81. The molecule has 21 heavy (non-hydrogen) atoms. The molecule has 1 saturated heterocycles. The third-order valence-electron chi connectivity index (χ3n) is 3.06. The number of amidine groups is 1. The van der Waals surface area contributed by atoms with Crippen molar-refractivity contribution < 1.29 is 19.2 Å². The van der Waals surface area contributed by atoms with Gasteiger partial charge in [-0.3, -0.25) is 0 Å². The summed E-state index contributed by atoms with van der Waals surface area (Å²) in [6, 6.07) is 0. The number of carbonyl (C=O) groups is 2. The summed E-state index contributed by atoms with van der Waals surface area (Å²) in [6.45, 7) is 8.11. The van der Waals surface area contributed by atoms with Crippen molar-refractivity contribution in [1.82, 2.24) is 4.90 Å². The summed E-state index contributed by atoms with van der Waals surface area (Å²) in [7, 11) is 0. The first kappa shape index (κ1) is 17.3. The summed E-state index contributed by atoms with van der Waals surface area (Å²) in [5.41, 5.74) is 5.22. The van der Waals surface area contributed by atoms with Crippen LogP contribution in [0.2, 0.25) is 0 Å². The van der Waals surface area contributed by atoms with Crippen molar-refractivity contribution in [2.24, 2.45) is 16.8 Å². The number of likely N-dealkylation sites (tertiary alicyclic amines) is 1. The minimum Gasteiger partial charge on any atom is -0.444 e. The number of piperidine rings is 1. The van der Waals surface area contributed by atoms with Gasteiger partial charge in [0.2, 0.25) is 0 Å². The fraction of sp³-hybridized carbons (Fsp3) is 0.786. The predicted octanol–water partition coefficient (Wildman–Crippen LogP) is 1.86. The van der Waals surface area contributed by atoms with Crippen molar-refractivity contribution in [3.8, 4) is 0 Å². The van der Waals surface area contributed by atoms with Crippen LogP contribution in [-0.2, 0) is 14.4 Å². The second-order valence-electron chi connectivity index (χ2n) is 6.28. The molecule has 7 heteroatoms. The summed E-state index contributed by atoms with van der Waals surface area (Å²) in [4.78, 5) is 28.8. The lowest BCUT2D eigenvalue weighted by atomic mass is 9.93. The van der Waals surface area contributed by atoms with E-state index >= 15 is 0 Å². The molecule has 0 aromatic rings. The summed E-state index contributed by atoms with van der Waals surface area (Å²) in [5.74, 6) is 0.154. The Balaban J connectivity index is 2.37. The van der Waals surface area contributed by atoms with Gasteiger partial charge in [0, 0.05) is 26.4 Å². The van der Waals surface area contributed by atoms with Gasteiger partial charge in [0.15, 0.2) is 0 Å². The fourth-order valence-corrected chi connectivity index (χ4v) is 2.10. The number of hydrogen-bond acceptors (Lipinski definition) is 5. The van der Waals surface area contributed by atoms with Gasteiger partial charge >= 0.3 is 12.1 Å². The molecule has 0 bridgehead atoms.